The molecule has 0 aromatic heterocycles. The van der Waals surface area contributed by atoms with E-state index < -0.39 is 0 Å². The Morgan fingerprint density at radius 1 is 1.38 bits per heavy atom. The molecule has 1 heterocycles. The highest BCUT2D eigenvalue weighted by Crippen LogP contribution is 2.33. The van der Waals surface area contributed by atoms with Gasteiger partial charge in [-0.3, -0.25) is 0 Å². The Morgan fingerprint density at radius 2 is 2.06 bits per heavy atom. The molecule has 0 spiro atoms. The SMILES string of the molecule is CCNC(C)CCN1CCC(C(C)(C)C)C1. The van der Waals surface area contributed by atoms with Crippen LogP contribution < -0.4 is 5.32 Å². The van der Waals surface area contributed by atoms with Gasteiger partial charge in [0.25, 0.3) is 0 Å². The van der Waals surface area contributed by atoms with Gasteiger partial charge in [0.05, 0.1) is 0 Å². The number of hydrogen-bond acceptors (Lipinski definition) is 2. The van der Waals surface area contributed by atoms with Gasteiger partial charge >= 0.3 is 0 Å². The normalized spacial score (nSPS) is 24.9. The van der Waals surface area contributed by atoms with Crippen LogP contribution in [0.1, 0.15) is 47.5 Å². The Bertz CT molecular complexity index is 195. The number of rotatable bonds is 5. The predicted molar refractivity (Wildman–Crippen MR) is 71.8 cm³/mol. The largest absolute Gasteiger partial charge is 0.314 e. The van der Waals surface area contributed by atoms with Crippen LogP contribution in [-0.4, -0.2) is 37.1 Å². The predicted octanol–water partition coefficient (Wildman–Crippen LogP) is 2.74. The Morgan fingerprint density at radius 3 is 2.56 bits per heavy atom. The molecule has 16 heavy (non-hydrogen) atoms. The molecular formula is C14H30N2. The van der Waals surface area contributed by atoms with Crippen LogP contribution in [-0.2, 0) is 0 Å². The van der Waals surface area contributed by atoms with E-state index in [4.69, 9.17) is 0 Å². The van der Waals surface area contributed by atoms with Gasteiger partial charge in [-0.25, -0.2) is 0 Å². The molecule has 0 aromatic rings. The zero-order valence-electron chi connectivity index (χ0n) is 11.8. The second-order valence-corrected chi connectivity index (χ2v) is 6.40. The van der Waals surface area contributed by atoms with Crippen molar-refractivity contribution in [1.82, 2.24) is 10.2 Å². The molecule has 1 rings (SSSR count). The minimum atomic E-state index is 0.488. The number of nitrogens with one attached hydrogen (secondary N) is 1. The third kappa shape index (κ3) is 4.42. The Kier molecular flexibility index (Phi) is 5.26. The van der Waals surface area contributed by atoms with Crippen LogP contribution in [0.5, 0.6) is 0 Å². The first-order valence-corrected chi connectivity index (χ1v) is 6.89. The second-order valence-electron chi connectivity index (χ2n) is 6.40. The lowest BCUT2D eigenvalue weighted by Crippen LogP contribution is -2.32. The van der Waals surface area contributed by atoms with Crippen LogP contribution >= 0.6 is 0 Å². The third-order valence-electron chi connectivity index (χ3n) is 3.93. The van der Waals surface area contributed by atoms with Gasteiger partial charge in [0.2, 0.25) is 0 Å². The van der Waals surface area contributed by atoms with E-state index in [2.05, 4.69) is 44.8 Å². The van der Waals surface area contributed by atoms with Crippen molar-refractivity contribution in [2.45, 2.75) is 53.5 Å². The van der Waals surface area contributed by atoms with Crippen molar-refractivity contribution >= 4 is 0 Å². The minimum Gasteiger partial charge on any atom is -0.314 e. The zero-order chi connectivity index (χ0) is 12.2. The molecule has 2 heteroatoms. The molecule has 2 atom stereocenters. The number of nitrogens with zero attached hydrogens (tertiary/aromatic N) is 1. The number of likely N-dealkylation sites (tertiary alicyclic amines) is 1. The van der Waals surface area contributed by atoms with E-state index in [0.717, 1.165) is 12.5 Å². The molecule has 1 N–H and O–H groups in total. The topological polar surface area (TPSA) is 15.3 Å². The summed E-state index contributed by atoms with van der Waals surface area (Å²) in [5, 5.41) is 3.48. The monoisotopic (exact) mass is 226 g/mol. The van der Waals surface area contributed by atoms with Crippen LogP contribution in [0.15, 0.2) is 0 Å². The van der Waals surface area contributed by atoms with Gasteiger partial charge in [0.15, 0.2) is 0 Å². The van der Waals surface area contributed by atoms with E-state index in [-0.39, 0.29) is 0 Å². The highest BCUT2D eigenvalue weighted by Gasteiger charge is 2.31. The van der Waals surface area contributed by atoms with Crippen LogP contribution in [0.3, 0.4) is 0 Å². The van der Waals surface area contributed by atoms with Gasteiger partial charge in [-0.15, -0.1) is 0 Å². The molecule has 2 unspecified atom stereocenters. The quantitative estimate of drug-likeness (QED) is 0.775. The summed E-state index contributed by atoms with van der Waals surface area (Å²) in [7, 11) is 0. The van der Waals surface area contributed by atoms with Crippen molar-refractivity contribution in [1.29, 1.82) is 0 Å². The van der Waals surface area contributed by atoms with Crippen LogP contribution in [0.2, 0.25) is 0 Å². The van der Waals surface area contributed by atoms with Crippen molar-refractivity contribution in [3.63, 3.8) is 0 Å². The summed E-state index contributed by atoms with van der Waals surface area (Å²) in [5.74, 6) is 0.891. The maximum Gasteiger partial charge on any atom is 0.00507 e. The molecule has 0 aromatic carbocycles. The summed E-state index contributed by atoms with van der Waals surface area (Å²) < 4.78 is 0. The molecule has 0 aliphatic carbocycles. The van der Waals surface area contributed by atoms with Crippen molar-refractivity contribution in [2.75, 3.05) is 26.2 Å². The number of hydrogen-bond donors (Lipinski definition) is 1. The highest BCUT2D eigenvalue weighted by atomic mass is 15.1. The lowest BCUT2D eigenvalue weighted by molar-refractivity contribution is 0.225. The Balaban J connectivity index is 2.22. The van der Waals surface area contributed by atoms with Gasteiger partial charge in [-0.05, 0) is 50.7 Å². The van der Waals surface area contributed by atoms with Gasteiger partial charge in [0.1, 0.15) is 0 Å². The maximum atomic E-state index is 3.48. The maximum absolute atomic E-state index is 3.48. The van der Waals surface area contributed by atoms with Crippen molar-refractivity contribution in [3.05, 3.63) is 0 Å². The zero-order valence-corrected chi connectivity index (χ0v) is 11.8. The molecule has 1 saturated heterocycles. The van der Waals surface area contributed by atoms with E-state index in [1.165, 1.54) is 32.5 Å². The summed E-state index contributed by atoms with van der Waals surface area (Å²) in [6.45, 7) is 16.6. The third-order valence-corrected chi connectivity index (χ3v) is 3.93. The first-order valence-electron chi connectivity index (χ1n) is 6.89. The molecule has 0 saturated carbocycles. The first-order chi connectivity index (χ1) is 7.43. The van der Waals surface area contributed by atoms with Crippen LogP contribution in [0, 0.1) is 11.3 Å². The molecule has 0 bridgehead atoms. The molecule has 1 aliphatic rings. The van der Waals surface area contributed by atoms with E-state index in [0.29, 0.717) is 11.5 Å². The molecule has 2 nitrogen and oxygen atoms in total. The standard InChI is InChI=1S/C14H30N2/c1-6-15-12(2)7-9-16-10-8-13(11-16)14(3,4)5/h12-13,15H,6-11H2,1-5H3. The van der Waals surface area contributed by atoms with Crippen molar-refractivity contribution in [2.24, 2.45) is 11.3 Å². The highest BCUT2D eigenvalue weighted by molar-refractivity contribution is 4.84. The average Bonchev–Trinajstić information content (AvgIpc) is 2.63. The van der Waals surface area contributed by atoms with Crippen LogP contribution in [0.4, 0.5) is 0 Å². The van der Waals surface area contributed by atoms with Gasteiger partial charge in [-0.2, -0.15) is 0 Å². The van der Waals surface area contributed by atoms with Crippen molar-refractivity contribution < 1.29 is 0 Å². The fraction of sp³-hybridized carbons (Fsp3) is 1.00. The lowest BCUT2D eigenvalue weighted by atomic mass is 9.80. The van der Waals surface area contributed by atoms with E-state index in [9.17, 15) is 0 Å². The molecule has 96 valence electrons. The molecule has 1 aliphatic heterocycles. The Labute approximate surface area is 102 Å². The summed E-state index contributed by atoms with van der Waals surface area (Å²) in [6, 6.07) is 0.665. The second kappa shape index (κ2) is 6.02. The van der Waals surface area contributed by atoms with Crippen LogP contribution in [0.25, 0.3) is 0 Å². The molecule has 0 amide bonds. The summed E-state index contributed by atoms with van der Waals surface area (Å²) in [4.78, 5) is 2.64. The molecular weight excluding hydrogens is 196 g/mol. The fourth-order valence-corrected chi connectivity index (χ4v) is 2.57. The van der Waals surface area contributed by atoms with Gasteiger partial charge < -0.3 is 10.2 Å². The molecule has 1 fully saturated rings. The Hall–Kier alpha value is -0.0800. The average molecular weight is 226 g/mol. The van der Waals surface area contributed by atoms with Crippen molar-refractivity contribution in [3.8, 4) is 0 Å². The van der Waals surface area contributed by atoms with E-state index in [1.807, 2.05) is 0 Å². The first kappa shape index (κ1) is 14.0. The summed E-state index contributed by atoms with van der Waals surface area (Å²) in [5.41, 5.74) is 0.488. The van der Waals surface area contributed by atoms with Gasteiger partial charge in [-0.1, -0.05) is 27.7 Å². The molecule has 0 radical (unpaired) electrons. The van der Waals surface area contributed by atoms with E-state index >= 15 is 0 Å². The van der Waals surface area contributed by atoms with E-state index in [1.54, 1.807) is 0 Å². The summed E-state index contributed by atoms with van der Waals surface area (Å²) >= 11 is 0. The smallest absolute Gasteiger partial charge is 0.00507 e. The minimum absolute atomic E-state index is 0.488. The fourth-order valence-electron chi connectivity index (χ4n) is 2.57. The summed E-state index contributed by atoms with van der Waals surface area (Å²) in [6.07, 6.45) is 2.67. The lowest BCUT2D eigenvalue weighted by Gasteiger charge is -2.27. The van der Waals surface area contributed by atoms with Gasteiger partial charge in [0, 0.05) is 12.6 Å².